The summed E-state index contributed by atoms with van der Waals surface area (Å²) in [5.41, 5.74) is 0. The van der Waals surface area contributed by atoms with E-state index in [-0.39, 0.29) is 0 Å². The summed E-state index contributed by atoms with van der Waals surface area (Å²) in [4.78, 5) is 0. The third-order valence-corrected chi connectivity index (χ3v) is 6.43. The first kappa shape index (κ1) is 41.3. The quantitative estimate of drug-likeness (QED) is 0.0510. The summed E-state index contributed by atoms with van der Waals surface area (Å²) < 4.78 is 56.2. The van der Waals surface area contributed by atoms with E-state index in [1.807, 2.05) is 0 Å². The van der Waals surface area contributed by atoms with Crippen LogP contribution in [0.4, 0.5) is 0 Å². The molecule has 0 unspecified atom stereocenters. The van der Waals surface area contributed by atoms with Gasteiger partial charge in [0, 0.05) is 13.2 Å². The van der Waals surface area contributed by atoms with Crippen LogP contribution in [0, 0.1) is 0 Å². The molecule has 0 atom stereocenters. The van der Waals surface area contributed by atoms with Gasteiger partial charge in [0.15, 0.2) is 0 Å². The summed E-state index contributed by atoms with van der Waals surface area (Å²) in [6.45, 7) is 14.1. The highest BCUT2D eigenvalue weighted by atomic mass is 127. The molecule has 0 bridgehead atoms. The summed E-state index contributed by atoms with van der Waals surface area (Å²) in [6.07, 6.45) is 9.91. The van der Waals surface area contributed by atoms with Gasteiger partial charge in [0.2, 0.25) is 0 Å². The molecular weight excluding hydrogens is 647 g/mol. The number of alkyl halides is 1. The van der Waals surface area contributed by atoms with E-state index in [1.165, 1.54) is 43.0 Å². The third-order valence-electron chi connectivity index (χ3n) is 5.66. The SMILES string of the molecule is CCCCCCOCCOCCOCCOCCOCCOCCOCCOCCOCCOCCCCCCI. The van der Waals surface area contributed by atoms with Crippen LogP contribution >= 0.6 is 22.6 Å². The van der Waals surface area contributed by atoms with Gasteiger partial charge in [-0.15, -0.1) is 0 Å². The predicted molar refractivity (Wildman–Crippen MR) is 170 cm³/mol. The van der Waals surface area contributed by atoms with Crippen molar-refractivity contribution in [1.29, 1.82) is 0 Å². The molecule has 0 radical (unpaired) electrons. The second kappa shape index (κ2) is 40.3. The number of halogens is 1. The van der Waals surface area contributed by atoms with Crippen LogP contribution in [0.1, 0.15) is 58.3 Å². The lowest BCUT2D eigenvalue weighted by atomic mass is 10.2. The maximum Gasteiger partial charge on any atom is 0.0701 e. The Morgan fingerprint density at radius 2 is 0.488 bits per heavy atom. The molecular formula is C30H61IO10. The fraction of sp³-hybridized carbons (Fsp3) is 1.00. The molecule has 41 heavy (non-hydrogen) atoms. The van der Waals surface area contributed by atoms with Crippen LogP contribution in [0.5, 0.6) is 0 Å². The fourth-order valence-electron chi connectivity index (χ4n) is 3.36. The van der Waals surface area contributed by atoms with Gasteiger partial charge in [-0.2, -0.15) is 0 Å². The number of ether oxygens (including phenoxy) is 10. The average molecular weight is 709 g/mol. The molecule has 0 N–H and O–H groups in total. The Balaban J connectivity index is 3.02. The Bertz CT molecular complexity index is 413. The third kappa shape index (κ3) is 40.3. The average Bonchev–Trinajstić information content (AvgIpc) is 2.98. The number of unbranched alkanes of at least 4 members (excludes halogenated alkanes) is 6. The number of hydrogen-bond donors (Lipinski definition) is 0. The smallest absolute Gasteiger partial charge is 0.0701 e. The molecule has 0 aliphatic rings. The second-order valence-electron chi connectivity index (χ2n) is 9.29. The van der Waals surface area contributed by atoms with Crippen molar-refractivity contribution in [2.45, 2.75) is 58.3 Å². The van der Waals surface area contributed by atoms with Crippen LogP contribution in [0.2, 0.25) is 0 Å². The predicted octanol–water partition coefficient (Wildman–Crippen LogP) is 4.73. The lowest BCUT2D eigenvalue weighted by Gasteiger charge is -2.09. The second-order valence-corrected chi connectivity index (χ2v) is 10.4. The van der Waals surface area contributed by atoms with Gasteiger partial charge in [0.05, 0.1) is 119 Å². The zero-order chi connectivity index (χ0) is 29.6. The molecule has 248 valence electrons. The van der Waals surface area contributed by atoms with Crippen LogP contribution in [0.25, 0.3) is 0 Å². The van der Waals surface area contributed by atoms with Gasteiger partial charge in [0.25, 0.3) is 0 Å². The molecule has 0 amide bonds. The van der Waals surface area contributed by atoms with Crippen molar-refractivity contribution in [3.05, 3.63) is 0 Å². The first-order valence-electron chi connectivity index (χ1n) is 15.7. The molecule has 0 aromatic rings. The van der Waals surface area contributed by atoms with Gasteiger partial charge in [0.1, 0.15) is 0 Å². The molecule has 0 saturated heterocycles. The highest BCUT2D eigenvalue weighted by molar-refractivity contribution is 14.1. The lowest BCUT2D eigenvalue weighted by Crippen LogP contribution is -2.15. The Labute approximate surface area is 264 Å². The van der Waals surface area contributed by atoms with Crippen molar-refractivity contribution in [1.82, 2.24) is 0 Å². The standard InChI is InChI=1S/C30H61IO10/c1-2-3-4-8-11-32-13-15-34-17-19-36-21-23-38-25-27-40-29-30-41-28-26-39-24-22-37-20-18-35-16-14-33-12-9-6-5-7-10-31/h2-30H2,1H3. The van der Waals surface area contributed by atoms with Gasteiger partial charge in [-0.3, -0.25) is 0 Å². The summed E-state index contributed by atoms with van der Waals surface area (Å²) in [6, 6.07) is 0. The molecule has 0 spiro atoms. The molecule has 0 saturated carbocycles. The Morgan fingerprint density at radius 1 is 0.268 bits per heavy atom. The highest BCUT2D eigenvalue weighted by Gasteiger charge is 1.96. The Kier molecular flexibility index (Phi) is 40.7. The number of hydrogen-bond acceptors (Lipinski definition) is 10. The van der Waals surface area contributed by atoms with Crippen LogP contribution < -0.4 is 0 Å². The minimum atomic E-state index is 0.534. The maximum absolute atomic E-state index is 5.56. The zero-order valence-corrected chi connectivity index (χ0v) is 28.1. The van der Waals surface area contributed by atoms with E-state index >= 15 is 0 Å². The van der Waals surface area contributed by atoms with Crippen molar-refractivity contribution in [2.24, 2.45) is 0 Å². The van der Waals surface area contributed by atoms with Gasteiger partial charge in [-0.25, -0.2) is 0 Å². The van der Waals surface area contributed by atoms with Gasteiger partial charge in [-0.05, 0) is 23.7 Å². The lowest BCUT2D eigenvalue weighted by molar-refractivity contribution is -0.0264. The normalized spacial score (nSPS) is 11.6. The zero-order valence-electron chi connectivity index (χ0n) is 26.0. The Hall–Kier alpha value is 0.330. The van der Waals surface area contributed by atoms with E-state index in [0.717, 1.165) is 26.1 Å². The molecule has 0 aromatic heterocycles. The van der Waals surface area contributed by atoms with Crippen LogP contribution in [-0.4, -0.2) is 137 Å². The van der Waals surface area contributed by atoms with E-state index in [2.05, 4.69) is 29.5 Å². The van der Waals surface area contributed by atoms with Crippen LogP contribution in [0.3, 0.4) is 0 Å². The van der Waals surface area contributed by atoms with Gasteiger partial charge >= 0.3 is 0 Å². The van der Waals surface area contributed by atoms with Crippen LogP contribution in [0.15, 0.2) is 0 Å². The first-order valence-corrected chi connectivity index (χ1v) is 17.3. The highest BCUT2D eigenvalue weighted by Crippen LogP contribution is 2.02. The first-order chi connectivity index (χ1) is 20.4. The molecule has 0 aliphatic heterocycles. The van der Waals surface area contributed by atoms with E-state index in [4.69, 9.17) is 47.4 Å². The van der Waals surface area contributed by atoms with Crippen molar-refractivity contribution in [3.8, 4) is 0 Å². The molecule has 0 fully saturated rings. The van der Waals surface area contributed by atoms with E-state index in [1.54, 1.807) is 0 Å². The fourth-order valence-corrected chi connectivity index (χ4v) is 3.90. The topological polar surface area (TPSA) is 92.3 Å². The maximum atomic E-state index is 5.56. The van der Waals surface area contributed by atoms with Crippen molar-refractivity contribution < 1.29 is 47.4 Å². The van der Waals surface area contributed by atoms with Crippen molar-refractivity contribution in [3.63, 3.8) is 0 Å². The van der Waals surface area contributed by atoms with Gasteiger partial charge in [-0.1, -0.05) is 61.6 Å². The molecule has 0 aromatic carbocycles. The minimum absolute atomic E-state index is 0.534. The molecule has 0 rings (SSSR count). The van der Waals surface area contributed by atoms with E-state index < -0.39 is 0 Å². The molecule has 11 heteroatoms. The number of rotatable bonds is 38. The van der Waals surface area contributed by atoms with E-state index in [9.17, 15) is 0 Å². The van der Waals surface area contributed by atoms with Gasteiger partial charge < -0.3 is 47.4 Å². The Morgan fingerprint density at radius 3 is 0.732 bits per heavy atom. The van der Waals surface area contributed by atoms with Crippen molar-refractivity contribution >= 4 is 22.6 Å². The summed E-state index contributed by atoms with van der Waals surface area (Å²) in [5.74, 6) is 0. The summed E-state index contributed by atoms with van der Waals surface area (Å²) >= 11 is 2.42. The molecule has 0 heterocycles. The van der Waals surface area contributed by atoms with E-state index in [0.29, 0.717) is 119 Å². The van der Waals surface area contributed by atoms with Crippen molar-refractivity contribution in [2.75, 3.05) is 137 Å². The molecule has 10 nitrogen and oxygen atoms in total. The summed E-state index contributed by atoms with van der Waals surface area (Å²) in [5, 5.41) is 0. The largest absolute Gasteiger partial charge is 0.379 e. The monoisotopic (exact) mass is 708 g/mol. The summed E-state index contributed by atoms with van der Waals surface area (Å²) in [7, 11) is 0. The minimum Gasteiger partial charge on any atom is -0.379 e. The van der Waals surface area contributed by atoms with Crippen LogP contribution in [-0.2, 0) is 47.4 Å². The molecule has 0 aliphatic carbocycles.